The highest BCUT2D eigenvalue weighted by atomic mass is 32.1. The van der Waals surface area contributed by atoms with Crippen LogP contribution in [0.3, 0.4) is 0 Å². The lowest BCUT2D eigenvalue weighted by molar-refractivity contribution is -0.135. The van der Waals surface area contributed by atoms with Crippen LogP contribution in [0.25, 0.3) is 0 Å². The minimum absolute atomic E-state index is 0.0606. The van der Waals surface area contributed by atoms with Crippen molar-refractivity contribution in [2.24, 2.45) is 16.5 Å². The van der Waals surface area contributed by atoms with Crippen LogP contribution in [0.15, 0.2) is 16.4 Å². The first kappa shape index (κ1) is 22.2. The zero-order valence-electron chi connectivity index (χ0n) is 16.1. The molecule has 4 amide bonds. The van der Waals surface area contributed by atoms with Gasteiger partial charge in [0.15, 0.2) is 5.72 Å². The maximum atomic E-state index is 12.4. The van der Waals surface area contributed by atoms with Crippen molar-refractivity contribution in [3.8, 4) is 0 Å². The first-order chi connectivity index (χ1) is 13.5. The maximum Gasteiger partial charge on any atom is 0.420 e. The number of nitrogens with zero attached hydrogens (tertiary/aromatic N) is 2. The van der Waals surface area contributed by atoms with E-state index in [0.717, 1.165) is 11.7 Å². The molecule has 0 unspecified atom stereocenters. The Morgan fingerprint density at radius 3 is 2.59 bits per heavy atom. The van der Waals surface area contributed by atoms with Gasteiger partial charge in [0, 0.05) is 11.9 Å². The molecule has 13 heteroatoms. The standard InChI is InChI=1S/C16H23N7O5S/c1-7(17)12(24)19-4-8-11(14(26)21-8)22-13(25)10(18)9(5-29)20-6-23-15(27)28-16(23,2)3/h5-8,11H,4,17-18H2,1-3H3,(H,19,24)(H,21,26)(H,22,25)/t7-,8-,11+/m1/s1. The average Bonchev–Trinajstić information content (AvgIpc) is 2.64. The summed E-state index contributed by atoms with van der Waals surface area (Å²) in [6.45, 7) is 4.91. The Balaban J connectivity index is 2.01. The molecular weight excluding hydrogens is 402 g/mol. The average molecular weight is 425 g/mol. The molecule has 0 spiro atoms. The number of amides is 4. The first-order valence-electron chi connectivity index (χ1n) is 8.64. The van der Waals surface area contributed by atoms with Crippen molar-refractivity contribution >= 4 is 47.7 Å². The van der Waals surface area contributed by atoms with Crippen LogP contribution < -0.4 is 27.4 Å². The number of thiocarbonyl (C=S) groups is 1. The van der Waals surface area contributed by atoms with E-state index in [1.807, 2.05) is 0 Å². The molecule has 7 N–H and O–H groups in total. The second-order valence-electron chi connectivity index (χ2n) is 6.95. The van der Waals surface area contributed by atoms with Crippen LogP contribution in [-0.2, 0) is 19.1 Å². The van der Waals surface area contributed by atoms with Crippen LogP contribution in [-0.4, -0.2) is 70.8 Å². The number of carbonyl (C=O) groups excluding carboxylic acids is 4. The SMILES string of the molecule is C[C@@H](N)C(=O)NC[C@H]1NC(=O)[C@H]1NC(=O)C(N)=C(C=S)N=CN1C(=O)OC1(C)C. The van der Waals surface area contributed by atoms with Gasteiger partial charge in [-0.05, 0) is 20.8 Å². The number of β-lactam (4-membered cyclic amide) rings is 1. The number of rotatable bonds is 8. The minimum Gasteiger partial charge on any atom is -0.422 e. The van der Waals surface area contributed by atoms with Crippen molar-refractivity contribution in [2.75, 3.05) is 6.54 Å². The number of nitrogens with two attached hydrogens (primary N) is 2. The Morgan fingerprint density at radius 2 is 2.10 bits per heavy atom. The summed E-state index contributed by atoms with van der Waals surface area (Å²) in [6.07, 6.45) is 0.556. The van der Waals surface area contributed by atoms with Gasteiger partial charge in [-0.2, -0.15) is 0 Å². The molecule has 2 fully saturated rings. The third-order valence-electron chi connectivity index (χ3n) is 4.27. The van der Waals surface area contributed by atoms with Crippen LogP contribution in [0.2, 0.25) is 0 Å². The van der Waals surface area contributed by atoms with E-state index in [1.54, 1.807) is 13.8 Å². The van der Waals surface area contributed by atoms with Gasteiger partial charge >= 0.3 is 6.09 Å². The molecule has 2 aliphatic heterocycles. The summed E-state index contributed by atoms with van der Waals surface area (Å²) in [4.78, 5) is 52.3. The molecule has 0 saturated carbocycles. The van der Waals surface area contributed by atoms with E-state index in [4.69, 9.17) is 28.4 Å². The van der Waals surface area contributed by atoms with Gasteiger partial charge in [-0.15, -0.1) is 0 Å². The van der Waals surface area contributed by atoms with Gasteiger partial charge in [0.05, 0.1) is 12.1 Å². The third kappa shape index (κ3) is 4.86. The molecule has 0 aromatic carbocycles. The summed E-state index contributed by atoms with van der Waals surface area (Å²) in [5, 5.41) is 8.66. The molecule has 158 valence electrons. The minimum atomic E-state index is -0.894. The highest BCUT2D eigenvalue weighted by Crippen LogP contribution is 2.26. The van der Waals surface area contributed by atoms with Gasteiger partial charge in [0.1, 0.15) is 23.8 Å². The van der Waals surface area contributed by atoms with Crippen molar-refractivity contribution in [3.05, 3.63) is 11.4 Å². The van der Waals surface area contributed by atoms with Crippen molar-refractivity contribution in [2.45, 2.75) is 44.6 Å². The van der Waals surface area contributed by atoms with Gasteiger partial charge < -0.3 is 32.2 Å². The third-order valence-corrected chi connectivity index (χ3v) is 4.49. The highest BCUT2D eigenvalue weighted by molar-refractivity contribution is 7.79. The molecule has 12 nitrogen and oxygen atoms in total. The fourth-order valence-corrected chi connectivity index (χ4v) is 2.63. The molecular formula is C16H23N7O5S. The molecule has 0 aliphatic carbocycles. The Kier molecular flexibility index (Phi) is 6.54. The molecule has 0 aromatic heterocycles. The topological polar surface area (TPSA) is 181 Å². The summed E-state index contributed by atoms with van der Waals surface area (Å²) >= 11 is 4.83. The summed E-state index contributed by atoms with van der Waals surface area (Å²) in [6, 6.07) is -2.11. The summed E-state index contributed by atoms with van der Waals surface area (Å²) in [5.74, 6) is -1.59. The Hall–Kier alpha value is -3.06. The van der Waals surface area contributed by atoms with Crippen LogP contribution in [0, 0.1) is 0 Å². The van der Waals surface area contributed by atoms with Gasteiger partial charge in [0.25, 0.3) is 5.91 Å². The van der Waals surface area contributed by atoms with E-state index in [1.165, 1.54) is 11.8 Å². The van der Waals surface area contributed by atoms with Crippen molar-refractivity contribution in [1.82, 2.24) is 20.9 Å². The fraction of sp³-hybridized carbons (Fsp3) is 0.500. The van der Waals surface area contributed by atoms with Crippen molar-refractivity contribution < 1.29 is 23.9 Å². The predicted molar refractivity (Wildman–Crippen MR) is 106 cm³/mol. The van der Waals surface area contributed by atoms with Gasteiger partial charge in [0.2, 0.25) is 11.8 Å². The van der Waals surface area contributed by atoms with E-state index < -0.39 is 41.8 Å². The molecule has 2 rings (SSSR count). The smallest absolute Gasteiger partial charge is 0.420 e. The normalized spacial score (nSPS) is 24.3. The largest absolute Gasteiger partial charge is 0.422 e. The molecule has 2 saturated heterocycles. The van der Waals surface area contributed by atoms with E-state index >= 15 is 0 Å². The quantitative estimate of drug-likeness (QED) is 0.0956. The monoisotopic (exact) mass is 425 g/mol. The van der Waals surface area contributed by atoms with Gasteiger partial charge in [-0.1, -0.05) is 12.2 Å². The summed E-state index contributed by atoms with van der Waals surface area (Å²) < 4.78 is 4.92. The first-order valence-corrected chi connectivity index (χ1v) is 9.11. The molecule has 0 bridgehead atoms. The number of aliphatic imine (C=N–C) groups is 1. The Morgan fingerprint density at radius 1 is 1.45 bits per heavy atom. The number of nitrogens with one attached hydrogen (secondary N) is 3. The number of allylic oxidation sites excluding steroid dienone is 1. The number of ether oxygens (including phenoxy) is 1. The van der Waals surface area contributed by atoms with Crippen LogP contribution in [0.1, 0.15) is 20.8 Å². The molecule has 0 aromatic rings. The maximum absolute atomic E-state index is 12.4. The van der Waals surface area contributed by atoms with E-state index in [0.29, 0.717) is 0 Å². The lowest BCUT2D eigenvalue weighted by Gasteiger charge is -2.43. The zero-order valence-corrected chi connectivity index (χ0v) is 16.9. The highest BCUT2D eigenvalue weighted by Gasteiger charge is 2.45. The molecule has 2 heterocycles. The molecule has 29 heavy (non-hydrogen) atoms. The van der Waals surface area contributed by atoms with Gasteiger partial charge in [-0.25, -0.2) is 14.7 Å². The molecule has 2 aliphatic rings. The van der Waals surface area contributed by atoms with Crippen molar-refractivity contribution in [1.29, 1.82) is 0 Å². The Labute approximate surface area is 172 Å². The second-order valence-corrected chi connectivity index (χ2v) is 7.18. The number of hydrogen-bond donors (Lipinski definition) is 5. The lowest BCUT2D eigenvalue weighted by atomic mass is 9.98. The van der Waals surface area contributed by atoms with Crippen LogP contribution in [0.5, 0.6) is 0 Å². The molecule has 3 atom stereocenters. The number of hydrogen-bond acceptors (Lipinski definition) is 9. The number of carbonyl (C=O) groups is 4. The Bertz CT molecular complexity index is 807. The predicted octanol–water partition coefficient (Wildman–Crippen LogP) is -2.18. The van der Waals surface area contributed by atoms with Crippen LogP contribution in [0.4, 0.5) is 4.79 Å². The second kappa shape index (κ2) is 8.53. The molecule has 0 radical (unpaired) electrons. The van der Waals surface area contributed by atoms with E-state index in [2.05, 4.69) is 20.9 Å². The van der Waals surface area contributed by atoms with E-state index in [9.17, 15) is 19.2 Å². The summed E-state index contributed by atoms with van der Waals surface area (Å²) in [7, 11) is 0. The van der Waals surface area contributed by atoms with Crippen molar-refractivity contribution in [3.63, 3.8) is 0 Å². The zero-order chi connectivity index (χ0) is 21.9. The van der Waals surface area contributed by atoms with Gasteiger partial charge in [-0.3, -0.25) is 14.4 Å². The van der Waals surface area contributed by atoms with E-state index in [-0.39, 0.29) is 23.8 Å². The van der Waals surface area contributed by atoms with Crippen LogP contribution >= 0.6 is 12.2 Å². The number of cyclic esters (lactones) is 1. The lowest BCUT2D eigenvalue weighted by Crippen LogP contribution is -2.72. The fourth-order valence-electron chi connectivity index (χ4n) is 2.45. The summed E-state index contributed by atoms with van der Waals surface area (Å²) in [5.41, 5.74) is 9.99.